The molecule has 1 atom stereocenters. The van der Waals surface area contributed by atoms with E-state index in [1.54, 1.807) is 6.07 Å². The highest BCUT2D eigenvalue weighted by Gasteiger charge is 2.22. The van der Waals surface area contributed by atoms with Crippen molar-refractivity contribution in [3.05, 3.63) is 35.6 Å². The zero-order chi connectivity index (χ0) is 18.4. The molecule has 1 N–H and O–H groups in total. The molecule has 0 unspecified atom stereocenters. The van der Waals surface area contributed by atoms with E-state index in [9.17, 15) is 9.18 Å². The Kier molecular flexibility index (Phi) is 7.00. The summed E-state index contributed by atoms with van der Waals surface area (Å²) in [6, 6.07) is 7.12. The summed E-state index contributed by atoms with van der Waals surface area (Å²) in [4.78, 5) is 19.2. The molecular weight excluding hydrogens is 331 g/mol. The van der Waals surface area contributed by atoms with E-state index in [0.717, 1.165) is 64.2 Å². The number of carbonyl (C=O) groups is 1. The van der Waals surface area contributed by atoms with Crippen molar-refractivity contribution in [3.8, 4) is 0 Å². The molecule has 26 heavy (non-hydrogen) atoms. The maximum absolute atomic E-state index is 13.8. The summed E-state index contributed by atoms with van der Waals surface area (Å²) in [5, 5.41) is 3.19. The first-order valence-electron chi connectivity index (χ1n) is 9.76. The van der Waals surface area contributed by atoms with Crippen molar-refractivity contribution in [1.82, 2.24) is 20.0 Å². The third-order valence-electron chi connectivity index (χ3n) is 5.47. The van der Waals surface area contributed by atoms with Crippen LogP contribution in [0, 0.1) is 5.82 Å². The molecule has 0 radical (unpaired) electrons. The Bertz CT molecular complexity index is 589. The van der Waals surface area contributed by atoms with Crippen LogP contribution in [-0.2, 0) is 11.3 Å². The number of amides is 1. The minimum atomic E-state index is -0.147. The predicted octanol–water partition coefficient (Wildman–Crippen LogP) is 1.54. The molecule has 2 aliphatic heterocycles. The molecule has 0 aliphatic carbocycles. The largest absolute Gasteiger partial charge is 0.352 e. The van der Waals surface area contributed by atoms with E-state index in [0.29, 0.717) is 13.0 Å². The van der Waals surface area contributed by atoms with Crippen LogP contribution in [0.25, 0.3) is 0 Å². The molecule has 0 spiro atoms. The molecule has 0 aromatic heterocycles. The Morgan fingerprint density at radius 3 is 2.69 bits per heavy atom. The van der Waals surface area contributed by atoms with Gasteiger partial charge in [0.15, 0.2) is 0 Å². The molecule has 0 bridgehead atoms. The lowest BCUT2D eigenvalue weighted by Gasteiger charge is -2.34. The molecule has 2 aliphatic rings. The number of benzene rings is 1. The van der Waals surface area contributed by atoms with Gasteiger partial charge in [0.2, 0.25) is 5.91 Å². The molecule has 2 heterocycles. The molecule has 1 aromatic rings. The van der Waals surface area contributed by atoms with Crippen molar-refractivity contribution in [2.24, 2.45) is 0 Å². The van der Waals surface area contributed by atoms with Crippen LogP contribution >= 0.6 is 0 Å². The number of nitrogens with zero attached hydrogens (tertiary/aromatic N) is 3. The van der Waals surface area contributed by atoms with Gasteiger partial charge < -0.3 is 15.1 Å². The van der Waals surface area contributed by atoms with Gasteiger partial charge in [-0.1, -0.05) is 18.2 Å². The van der Waals surface area contributed by atoms with Crippen LogP contribution in [0.15, 0.2) is 24.3 Å². The van der Waals surface area contributed by atoms with E-state index in [1.165, 1.54) is 6.07 Å². The van der Waals surface area contributed by atoms with Gasteiger partial charge in [-0.3, -0.25) is 9.69 Å². The number of piperazine rings is 1. The highest BCUT2D eigenvalue weighted by Crippen LogP contribution is 2.16. The van der Waals surface area contributed by atoms with Gasteiger partial charge in [-0.05, 0) is 32.5 Å². The topological polar surface area (TPSA) is 38.8 Å². The Labute approximate surface area is 156 Å². The lowest BCUT2D eigenvalue weighted by atomic mass is 10.0. The lowest BCUT2D eigenvalue weighted by Crippen LogP contribution is -2.49. The Morgan fingerprint density at radius 2 is 1.92 bits per heavy atom. The standard InChI is InChI=1S/C20H31FN4O/c1-23-11-13-24(14-12-23)10-8-20(26)22-18-6-4-9-25(16-18)15-17-5-2-3-7-19(17)21/h2-3,5,7,18H,4,6,8-16H2,1H3,(H,22,26)/t18-/m1/s1. The van der Waals surface area contributed by atoms with Crippen molar-refractivity contribution in [2.75, 3.05) is 52.9 Å². The van der Waals surface area contributed by atoms with E-state index in [-0.39, 0.29) is 17.8 Å². The SMILES string of the molecule is CN1CCN(CCC(=O)N[C@@H]2CCCN(Cc3ccccc3F)C2)CC1. The smallest absolute Gasteiger partial charge is 0.221 e. The molecule has 2 fully saturated rings. The number of nitrogens with one attached hydrogen (secondary N) is 1. The van der Waals surface area contributed by atoms with Gasteiger partial charge in [-0.25, -0.2) is 4.39 Å². The average Bonchev–Trinajstić information content (AvgIpc) is 2.63. The fraction of sp³-hybridized carbons (Fsp3) is 0.650. The van der Waals surface area contributed by atoms with Gasteiger partial charge in [0.1, 0.15) is 5.82 Å². The fourth-order valence-corrected chi connectivity index (χ4v) is 3.82. The quantitative estimate of drug-likeness (QED) is 0.833. The number of piperidine rings is 1. The molecule has 0 saturated carbocycles. The van der Waals surface area contributed by atoms with Crippen LogP contribution in [0.3, 0.4) is 0 Å². The number of hydrogen-bond donors (Lipinski definition) is 1. The van der Waals surface area contributed by atoms with Crippen molar-refractivity contribution < 1.29 is 9.18 Å². The maximum atomic E-state index is 13.8. The number of likely N-dealkylation sites (N-methyl/N-ethyl adjacent to an activating group) is 1. The summed E-state index contributed by atoms with van der Waals surface area (Å²) in [5.41, 5.74) is 0.731. The van der Waals surface area contributed by atoms with Crippen LogP contribution in [0.5, 0.6) is 0 Å². The van der Waals surface area contributed by atoms with Crippen LogP contribution < -0.4 is 5.32 Å². The second-order valence-corrected chi connectivity index (χ2v) is 7.63. The molecule has 2 saturated heterocycles. The Morgan fingerprint density at radius 1 is 1.15 bits per heavy atom. The van der Waals surface area contributed by atoms with Crippen LogP contribution in [-0.4, -0.2) is 79.5 Å². The van der Waals surface area contributed by atoms with Gasteiger partial charge in [-0.15, -0.1) is 0 Å². The lowest BCUT2D eigenvalue weighted by molar-refractivity contribution is -0.122. The van der Waals surface area contributed by atoms with Crippen LogP contribution in [0.4, 0.5) is 4.39 Å². The molecule has 1 amide bonds. The second kappa shape index (κ2) is 9.44. The van der Waals surface area contributed by atoms with E-state index in [2.05, 4.69) is 27.1 Å². The number of hydrogen-bond acceptors (Lipinski definition) is 4. The monoisotopic (exact) mass is 362 g/mol. The summed E-state index contributed by atoms with van der Waals surface area (Å²) in [6.45, 7) is 7.46. The van der Waals surface area contributed by atoms with Crippen molar-refractivity contribution in [2.45, 2.75) is 31.8 Å². The second-order valence-electron chi connectivity index (χ2n) is 7.63. The van der Waals surface area contributed by atoms with Crippen LogP contribution in [0.1, 0.15) is 24.8 Å². The minimum Gasteiger partial charge on any atom is -0.352 e. The number of likely N-dealkylation sites (tertiary alicyclic amines) is 1. The molecular formula is C20H31FN4O. The highest BCUT2D eigenvalue weighted by atomic mass is 19.1. The van der Waals surface area contributed by atoms with Gasteiger partial charge in [-0.2, -0.15) is 0 Å². The average molecular weight is 362 g/mol. The van der Waals surface area contributed by atoms with E-state index in [1.807, 2.05) is 12.1 Å². The first-order valence-corrected chi connectivity index (χ1v) is 9.76. The van der Waals surface area contributed by atoms with E-state index >= 15 is 0 Å². The van der Waals surface area contributed by atoms with E-state index in [4.69, 9.17) is 0 Å². The van der Waals surface area contributed by atoms with Gasteiger partial charge >= 0.3 is 0 Å². The predicted molar refractivity (Wildman–Crippen MR) is 101 cm³/mol. The minimum absolute atomic E-state index is 0.140. The first-order chi connectivity index (χ1) is 12.6. The van der Waals surface area contributed by atoms with Crippen LogP contribution in [0.2, 0.25) is 0 Å². The molecule has 144 valence electrons. The molecule has 1 aromatic carbocycles. The van der Waals surface area contributed by atoms with E-state index < -0.39 is 0 Å². The molecule has 6 heteroatoms. The Hall–Kier alpha value is -1.50. The number of carbonyl (C=O) groups excluding carboxylic acids is 1. The number of rotatable bonds is 6. The number of halogens is 1. The summed E-state index contributed by atoms with van der Waals surface area (Å²) >= 11 is 0. The highest BCUT2D eigenvalue weighted by molar-refractivity contribution is 5.76. The van der Waals surface area contributed by atoms with Gasteiger partial charge in [0, 0.05) is 63.8 Å². The third kappa shape index (κ3) is 5.76. The van der Waals surface area contributed by atoms with Gasteiger partial charge in [0.25, 0.3) is 0 Å². The third-order valence-corrected chi connectivity index (χ3v) is 5.47. The first kappa shape index (κ1) is 19.3. The van der Waals surface area contributed by atoms with Crippen molar-refractivity contribution >= 4 is 5.91 Å². The summed E-state index contributed by atoms with van der Waals surface area (Å²) < 4.78 is 13.8. The summed E-state index contributed by atoms with van der Waals surface area (Å²) in [7, 11) is 2.14. The maximum Gasteiger partial charge on any atom is 0.221 e. The summed E-state index contributed by atoms with van der Waals surface area (Å²) in [6.07, 6.45) is 2.61. The molecule has 5 nitrogen and oxygen atoms in total. The zero-order valence-electron chi connectivity index (χ0n) is 15.8. The van der Waals surface area contributed by atoms with Crippen molar-refractivity contribution in [3.63, 3.8) is 0 Å². The zero-order valence-corrected chi connectivity index (χ0v) is 15.8. The Balaban J connectivity index is 1.40. The van der Waals surface area contributed by atoms with Crippen molar-refractivity contribution in [1.29, 1.82) is 0 Å². The fourth-order valence-electron chi connectivity index (χ4n) is 3.82. The normalized spacial score (nSPS) is 23.1. The summed E-state index contributed by atoms with van der Waals surface area (Å²) in [5.74, 6) is -0.00694. The van der Waals surface area contributed by atoms with Gasteiger partial charge in [0.05, 0.1) is 0 Å². The molecule has 3 rings (SSSR count).